The van der Waals surface area contributed by atoms with E-state index in [-0.39, 0.29) is 30.5 Å². The van der Waals surface area contributed by atoms with Gasteiger partial charge in [-0.05, 0) is 31.4 Å². The summed E-state index contributed by atoms with van der Waals surface area (Å²) in [5, 5.41) is 21.8. The molecule has 0 saturated heterocycles. The zero-order chi connectivity index (χ0) is 21.1. The summed E-state index contributed by atoms with van der Waals surface area (Å²) in [6.45, 7) is 8.06. The molecule has 0 fully saturated rings. The molecular weight excluding hydrogens is 493 g/mol. The minimum Gasteiger partial charge on any atom is -0.469 e. The van der Waals surface area contributed by atoms with Crippen LogP contribution in [-0.2, 0) is 19.1 Å². The third kappa shape index (κ3) is 9.07. The lowest BCUT2D eigenvalue weighted by molar-refractivity contribution is 0.0671. The smallest absolute Gasteiger partial charge is 0.191 e. The summed E-state index contributed by atoms with van der Waals surface area (Å²) in [6, 6.07) is 3.87. The highest BCUT2D eigenvalue weighted by Gasteiger charge is 2.24. The predicted octanol–water partition coefficient (Wildman–Crippen LogP) is 3.83. The number of aromatic nitrogens is 2. The number of rotatable bonds is 12. The van der Waals surface area contributed by atoms with Crippen molar-refractivity contribution >= 4 is 29.9 Å². The number of hydrogen-bond donors (Lipinski definition) is 3. The quantitative estimate of drug-likeness (QED) is 0.220. The first-order valence-electron chi connectivity index (χ1n) is 10.7. The Kier molecular flexibility index (Phi) is 12.1. The van der Waals surface area contributed by atoms with Gasteiger partial charge in [-0.15, -0.1) is 24.0 Å². The molecule has 2 atom stereocenters. The summed E-state index contributed by atoms with van der Waals surface area (Å²) in [5.74, 6) is 2.27. The first-order valence-corrected chi connectivity index (χ1v) is 10.7. The van der Waals surface area contributed by atoms with Crippen LogP contribution in [0.3, 0.4) is 0 Å². The summed E-state index contributed by atoms with van der Waals surface area (Å²) in [5.41, 5.74) is -0.316. The fourth-order valence-corrected chi connectivity index (χ4v) is 3.14. The van der Waals surface area contributed by atoms with Crippen molar-refractivity contribution in [1.82, 2.24) is 20.4 Å². The van der Waals surface area contributed by atoms with E-state index in [4.69, 9.17) is 4.42 Å². The molecule has 0 radical (unpaired) electrons. The maximum Gasteiger partial charge on any atom is 0.191 e. The Balaban J connectivity index is 0.00000450. The van der Waals surface area contributed by atoms with Crippen molar-refractivity contribution in [1.29, 1.82) is 0 Å². The van der Waals surface area contributed by atoms with E-state index in [2.05, 4.69) is 34.6 Å². The van der Waals surface area contributed by atoms with E-state index in [9.17, 15) is 5.11 Å². The number of hydrogen-bond acceptors (Lipinski definition) is 4. The zero-order valence-corrected chi connectivity index (χ0v) is 21.1. The van der Waals surface area contributed by atoms with Crippen molar-refractivity contribution in [3.63, 3.8) is 0 Å². The van der Waals surface area contributed by atoms with Gasteiger partial charge in [0, 0.05) is 38.3 Å². The molecular formula is C22H38IN5O2. The number of unbranched alkanes of at least 4 members (excludes halogenated alkanes) is 1. The van der Waals surface area contributed by atoms with Crippen LogP contribution in [0.2, 0.25) is 0 Å². The number of nitrogens with one attached hydrogen (secondary N) is 2. The number of aliphatic hydroxyl groups is 1. The lowest BCUT2D eigenvalue weighted by Gasteiger charge is -2.22. The minimum atomic E-state index is -1.07. The van der Waals surface area contributed by atoms with Gasteiger partial charge in [0.25, 0.3) is 0 Å². The monoisotopic (exact) mass is 531 g/mol. The van der Waals surface area contributed by atoms with Crippen molar-refractivity contribution in [2.24, 2.45) is 18.0 Å². The predicted molar refractivity (Wildman–Crippen MR) is 132 cm³/mol. The van der Waals surface area contributed by atoms with Crippen molar-refractivity contribution in [2.75, 3.05) is 19.6 Å². The Hall–Kier alpha value is -1.55. The van der Waals surface area contributed by atoms with Gasteiger partial charge in [-0.2, -0.15) is 5.10 Å². The van der Waals surface area contributed by atoms with Crippen molar-refractivity contribution in [3.05, 3.63) is 42.1 Å². The van der Waals surface area contributed by atoms with Crippen LogP contribution in [0.15, 0.2) is 40.2 Å². The Labute approximate surface area is 197 Å². The third-order valence-corrected chi connectivity index (χ3v) is 5.22. The lowest BCUT2D eigenvalue weighted by atomic mass is 9.99. The van der Waals surface area contributed by atoms with Crippen molar-refractivity contribution < 1.29 is 9.52 Å². The standard InChI is InChI=1S/C22H37N5O2.HI/c1-5-7-9-18(6-2)14-24-21(23-12-11-20-10-8-13-29-20)25-17-22(3,28)19-15-26-27(4)16-19;/h8,10,13,15-16,18,28H,5-7,9,11-12,14,17H2,1-4H3,(H2,23,24,25);1H. The molecule has 3 N–H and O–H groups in total. The third-order valence-electron chi connectivity index (χ3n) is 5.22. The Morgan fingerprint density at radius 2 is 2.17 bits per heavy atom. The molecule has 0 saturated carbocycles. The molecule has 30 heavy (non-hydrogen) atoms. The second kappa shape index (κ2) is 13.7. The molecule has 0 spiro atoms. The van der Waals surface area contributed by atoms with Crippen LogP contribution in [0.1, 0.15) is 57.8 Å². The zero-order valence-electron chi connectivity index (χ0n) is 18.7. The van der Waals surface area contributed by atoms with E-state index < -0.39 is 5.60 Å². The van der Waals surface area contributed by atoms with E-state index >= 15 is 0 Å². The number of aliphatic imine (C=N–C) groups is 1. The van der Waals surface area contributed by atoms with Gasteiger partial charge >= 0.3 is 0 Å². The largest absolute Gasteiger partial charge is 0.469 e. The van der Waals surface area contributed by atoms with Crippen LogP contribution >= 0.6 is 24.0 Å². The first kappa shape index (κ1) is 26.5. The van der Waals surface area contributed by atoms with Crippen molar-refractivity contribution in [3.8, 4) is 0 Å². The molecule has 0 aliphatic carbocycles. The maximum absolute atomic E-state index is 10.8. The number of halogens is 1. The normalized spacial score (nSPS) is 14.6. The molecule has 2 aromatic rings. The van der Waals surface area contributed by atoms with E-state index in [1.807, 2.05) is 25.4 Å². The molecule has 0 aliphatic rings. The highest BCUT2D eigenvalue weighted by Crippen LogP contribution is 2.20. The van der Waals surface area contributed by atoms with Crippen LogP contribution in [0.4, 0.5) is 0 Å². The molecule has 2 heterocycles. The molecule has 170 valence electrons. The second-order valence-electron chi connectivity index (χ2n) is 7.89. The summed E-state index contributed by atoms with van der Waals surface area (Å²) < 4.78 is 7.09. The number of guanidine groups is 1. The van der Waals surface area contributed by atoms with E-state index in [1.165, 1.54) is 19.3 Å². The first-order chi connectivity index (χ1) is 13.9. The molecule has 2 aromatic heterocycles. The fraction of sp³-hybridized carbons (Fsp3) is 0.636. The van der Waals surface area contributed by atoms with Gasteiger partial charge in [0.1, 0.15) is 11.4 Å². The van der Waals surface area contributed by atoms with Crippen LogP contribution < -0.4 is 10.6 Å². The van der Waals surface area contributed by atoms with Gasteiger partial charge in [0.15, 0.2) is 5.96 Å². The van der Waals surface area contributed by atoms with E-state index in [1.54, 1.807) is 24.1 Å². The Morgan fingerprint density at radius 1 is 1.37 bits per heavy atom. The summed E-state index contributed by atoms with van der Waals surface area (Å²) >= 11 is 0. The maximum atomic E-state index is 10.8. The molecule has 0 aromatic carbocycles. The topological polar surface area (TPSA) is 87.6 Å². The highest BCUT2D eigenvalue weighted by molar-refractivity contribution is 14.0. The van der Waals surface area contributed by atoms with Gasteiger partial charge in [0.05, 0.1) is 19.0 Å². The molecule has 0 bridgehead atoms. The molecule has 2 unspecified atom stereocenters. The second-order valence-corrected chi connectivity index (χ2v) is 7.89. The lowest BCUT2D eigenvalue weighted by Crippen LogP contribution is -2.41. The average Bonchev–Trinajstić information content (AvgIpc) is 3.37. The Bertz CT molecular complexity index is 728. The molecule has 8 heteroatoms. The molecule has 7 nitrogen and oxygen atoms in total. The highest BCUT2D eigenvalue weighted by atomic mass is 127. The molecule has 0 aliphatic heterocycles. The number of nitrogens with zero attached hydrogens (tertiary/aromatic N) is 3. The summed E-state index contributed by atoms with van der Waals surface area (Å²) in [7, 11) is 1.84. The van der Waals surface area contributed by atoms with Crippen molar-refractivity contribution in [2.45, 2.75) is 58.5 Å². The van der Waals surface area contributed by atoms with Crippen LogP contribution in [-0.4, -0.2) is 40.5 Å². The number of aryl methyl sites for hydroxylation is 1. The molecule has 0 amide bonds. The van der Waals surface area contributed by atoms with E-state index in [0.29, 0.717) is 12.5 Å². The van der Waals surface area contributed by atoms with Gasteiger partial charge in [-0.3, -0.25) is 4.68 Å². The van der Waals surface area contributed by atoms with Crippen LogP contribution in [0.25, 0.3) is 0 Å². The van der Waals surface area contributed by atoms with Crippen LogP contribution in [0, 0.1) is 5.92 Å². The fourth-order valence-electron chi connectivity index (χ4n) is 3.14. The SMILES string of the molecule is CCCCC(CC)CNC(=NCC(C)(O)c1cnn(C)c1)NCCc1ccco1.I. The average molecular weight is 531 g/mol. The number of furan rings is 1. The van der Waals surface area contributed by atoms with Gasteiger partial charge in [0.2, 0.25) is 0 Å². The molecule has 2 rings (SSSR count). The minimum absolute atomic E-state index is 0. The summed E-state index contributed by atoms with van der Waals surface area (Å²) in [6.07, 6.45) is 10.8. The van der Waals surface area contributed by atoms with Gasteiger partial charge in [-0.25, -0.2) is 4.99 Å². The van der Waals surface area contributed by atoms with Gasteiger partial charge in [-0.1, -0.05) is 33.1 Å². The Morgan fingerprint density at radius 3 is 2.77 bits per heavy atom. The van der Waals surface area contributed by atoms with E-state index in [0.717, 1.165) is 36.7 Å². The summed E-state index contributed by atoms with van der Waals surface area (Å²) in [4.78, 5) is 4.66. The van der Waals surface area contributed by atoms with Crippen LogP contribution in [0.5, 0.6) is 0 Å². The van der Waals surface area contributed by atoms with Gasteiger partial charge < -0.3 is 20.2 Å².